The molecule has 0 spiro atoms. The fourth-order valence-electron chi connectivity index (χ4n) is 5.46. The monoisotopic (exact) mass is 579 g/mol. The molecule has 1 amide bonds. The van der Waals surface area contributed by atoms with Gasteiger partial charge in [-0.05, 0) is 51.2 Å². The number of piperidine rings is 1. The lowest BCUT2D eigenvalue weighted by Crippen LogP contribution is -2.42. The number of aromatic nitrogens is 2. The van der Waals surface area contributed by atoms with Crippen molar-refractivity contribution in [3.63, 3.8) is 0 Å². The van der Waals surface area contributed by atoms with Gasteiger partial charge in [0, 0.05) is 43.2 Å². The molecule has 1 aromatic heterocycles. The Morgan fingerprint density at radius 3 is 2.52 bits per heavy atom. The minimum atomic E-state index is -0.694. The summed E-state index contributed by atoms with van der Waals surface area (Å²) in [7, 11) is 5.75. The van der Waals surface area contributed by atoms with Crippen molar-refractivity contribution in [3.05, 3.63) is 72.6 Å². The first-order chi connectivity index (χ1) is 20.3. The molecule has 2 aliphatic rings. The van der Waals surface area contributed by atoms with Gasteiger partial charge in [-0.2, -0.15) is 0 Å². The fourth-order valence-corrected chi connectivity index (χ4v) is 5.46. The zero-order valence-corrected chi connectivity index (χ0v) is 23.9. The van der Waals surface area contributed by atoms with Crippen LogP contribution in [0.25, 0.3) is 0 Å². The van der Waals surface area contributed by atoms with Gasteiger partial charge in [0.15, 0.2) is 5.82 Å². The van der Waals surface area contributed by atoms with Crippen LogP contribution in [0.2, 0.25) is 0 Å². The van der Waals surface area contributed by atoms with Gasteiger partial charge in [0.05, 0.1) is 36.8 Å². The van der Waals surface area contributed by atoms with E-state index in [1.165, 1.54) is 35.7 Å². The highest BCUT2D eigenvalue weighted by atomic mass is 19.1. The van der Waals surface area contributed by atoms with Gasteiger partial charge < -0.3 is 25.2 Å². The number of hydrogen-bond acceptors (Lipinski definition) is 9. The van der Waals surface area contributed by atoms with E-state index in [0.717, 1.165) is 31.6 Å². The summed E-state index contributed by atoms with van der Waals surface area (Å²) in [4.78, 5) is 31.2. The highest BCUT2D eigenvalue weighted by Gasteiger charge is 2.33. The number of nitrogens with zero attached hydrogens (tertiary/aromatic N) is 5. The van der Waals surface area contributed by atoms with Crippen molar-refractivity contribution < 1.29 is 23.1 Å². The van der Waals surface area contributed by atoms with Gasteiger partial charge in [-0.15, -0.1) is 0 Å². The van der Waals surface area contributed by atoms with Crippen LogP contribution in [-0.2, 0) is 9.63 Å². The zero-order chi connectivity index (χ0) is 29.8. The summed E-state index contributed by atoms with van der Waals surface area (Å²) in [6, 6.07) is 8.89. The van der Waals surface area contributed by atoms with E-state index in [-0.39, 0.29) is 18.1 Å². The van der Waals surface area contributed by atoms with Crippen LogP contribution in [0.1, 0.15) is 30.9 Å². The van der Waals surface area contributed by atoms with E-state index in [1.807, 2.05) is 6.07 Å². The zero-order valence-electron chi connectivity index (χ0n) is 23.9. The van der Waals surface area contributed by atoms with Crippen molar-refractivity contribution >= 4 is 34.6 Å². The van der Waals surface area contributed by atoms with Crippen molar-refractivity contribution in [1.82, 2.24) is 14.9 Å². The second-order valence-electron chi connectivity index (χ2n) is 10.4. The number of hydrogen-bond donors (Lipinski definition) is 2. The first kappa shape index (κ1) is 29.2. The molecule has 10 nitrogen and oxygen atoms in total. The number of benzene rings is 2. The third kappa shape index (κ3) is 6.14. The van der Waals surface area contributed by atoms with Gasteiger partial charge in [0.1, 0.15) is 29.5 Å². The molecule has 1 atom stereocenters. The molecule has 5 rings (SSSR count). The quantitative estimate of drug-likeness (QED) is 0.338. The number of nitrogens with one attached hydrogen (secondary N) is 2. The maximum atomic E-state index is 14.6. The van der Waals surface area contributed by atoms with Crippen LogP contribution < -0.4 is 25.3 Å². The molecule has 3 aromatic rings. The average molecular weight is 580 g/mol. The molecule has 0 radical (unpaired) electrons. The highest BCUT2D eigenvalue weighted by molar-refractivity contribution is 6.02. The summed E-state index contributed by atoms with van der Waals surface area (Å²) in [5.74, 6) is -0.363. The minimum Gasteiger partial charge on any atom is -0.494 e. The molecule has 0 bridgehead atoms. The van der Waals surface area contributed by atoms with Crippen molar-refractivity contribution in [2.75, 3.05) is 61.5 Å². The van der Waals surface area contributed by atoms with Crippen molar-refractivity contribution in [2.45, 2.75) is 31.3 Å². The van der Waals surface area contributed by atoms with Gasteiger partial charge in [-0.1, -0.05) is 12.6 Å². The maximum Gasteiger partial charge on any atom is 0.247 e. The number of hydroxylamine groups is 1. The standard InChI is InChI=1S/C30H35F2N7O3/c1-5-29(40)36-22-15-23(26(41-4)16-25(22)38-12-9-19(10-13-38)37(2)3)35-27-17-28(34-18-33-27)39-24(11-14-42-39)30-20(31)7-6-8-21(30)32/h5-8,15-19,24H,1,9-14H2,2-4H3,(H,36,40)(H,33,34,35)/t24-/m0/s1. The average Bonchev–Trinajstić information content (AvgIpc) is 3.47. The van der Waals surface area contributed by atoms with Crippen molar-refractivity contribution in [1.29, 1.82) is 0 Å². The highest BCUT2D eigenvalue weighted by Crippen LogP contribution is 2.41. The lowest BCUT2D eigenvalue weighted by atomic mass is 10.0. The van der Waals surface area contributed by atoms with Gasteiger partial charge >= 0.3 is 0 Å². The van der Waals surface area contributed by atoms with Crippen molar-refractivity contribution in [2.24, 2.45) is 0 Å². The van der Waals surface area contributed by atoms with E-state index in [2.05, 4.69) is 51.1 Å². The molecule has 3 heterocycles. The Labute approximate surface area is 243 Å². The third-order valence-corrected chi connectivity index (χ3v) is 7.68. The predicted octanol–water partition coefficient (Wildman–Crippen LogP) is 5.04. The number of amides is 1. The number of anilines is 5. The van der Waals surface area contributed by atoms with Gasteiger partial charge in [-0.25, -0.2) is 23.8 Å². The molecule has 2 N–H and O–H groups in total. The van der Waals surface area contributed by atoms with Gasteiger partial charge in [0.2, 0.25) is 5.91 Å². The van der Waals surface area contributed by atoms with E-state index >= 15 is 0 Å². The van der Waals surface area contributed by atoms with E-state index in [4.69, 9.17) is 9.57 Å². The Hall–Kier alpha value is -4.29. The summed E-state index contributed by atoms with van der Waals surface area (Å²) in [6.07, 6.45) is 4.93. The van der Waals surface area contributed by atoms with Crippen LogP contribution in [0, 0.1) is 11.6 Å². The van der Waals surface area contributed by atoms with Crippen LogP contribution in [-0.4, -0.2) is 67.7 Å². The summed E-state index contributed by atoms with van der Waals surface area (Å²) in [6.45, 7) is 5.51. The van der Waals surface area contributed by atoms with E-state index in [0.29, 0.717) is 41.2 Å². The van der Waals surface area contributed by atoms with E-state index in [1.54, 1.807) is 19.2 Å². The van der Waals surface area contributed by atoms with Crippen LogP contribution in [0.4, 0.5) is 37.5 Å². The Morgan fingerprint density at radius 1 is 1.12 bits per heavy atom. The molecule has 2 saturated heterocycles. The first-order valence-electron chi connectivity index (χ1n) is 13.8. The number of halogens is 2. The Kier molecular flexibility index (Phi) is 8.83. The number of rotatable bonds is 9. The van der Waals surface area contributed by atoms with Gasteiger partial charge in [-0.3, -0.25) is 9.63 Å². The number of carbonyl (C=O) groups is 1. The topological polar surface area (TPSA) is 95.1 Å². The maximum absolute atomic E-state index is 14.6. The normalized spacial score (nSPS) is 17.4. The Bertz CT molecular complexity index is 1430. The summed E-state index contributed by atoms with van der Waals surface area (Å²) >= 11 is 0. The van der Waals surface area contributed by atoms with E-state index in [9.17, 15) is 13.6 Å². The first-order valence-corrected chi connectivity index (χ1v) is 13.8. The molecule has 0 saturated carbocycles. The predicted molar refractivity (Wildman–Crippen MR) is 158 cm³/mol. The fraction of sp³-hybridized carbons (Fsp3) is 0.367. The summed E-state index contributed by atoms with van der Waals surface area (Å²) in [5.41, 5.74) is 1.91. The molecule has 0 aliphatic carbocycles. The SMILES string of the molecule is C=CC(=O)Nc1cc(Nc2cc(N3OCC[C@H]3c3c(F)cccc3F)ncn2)c(OC)cc1N1CCC(N(C)C)CC1. The van der Waals surface area contributed by atoms with Crippen LogP contribution >= 0.6 is 0 Å². The van der Waals surface area contributed by atoms with Crippen LogP contribution in [0.15, 0.2) is 55.4 Å². The lowest BCUT2D eigenvalue weighted by molar-refractivity contribution is -0.111. The molecule has 2 aromatic carbocycles. The number of carbonyl (C=O) groups excluding carboxylic acids is 1. The minimum absolute atomic E-state index is 0.0717. The smallest absolute Gasteiger partial charge is 0.247 e. The molecule has 42 heavy (non-hydrogen) atoms. The van der Waals surface area contributed by atoms with Crippen LogP contribution in [0.3, 0.4) is 0 Å². The van der Waals surface area contributed by atoms with Gasteiger partial charge in [0.25, 0.3) is 0 Å². The second kappa shape index (κ2) is 12.7. The Morgan fingerprint density at radius 2 is 1.86 bits per heavy atom. The molecule has 12 heteroatoms. The second-order valence-corrected chi connectivity index (χ2v) is 10.4. The summed E-state index contributed by atoms with van der Waals surface area (Å²) in [5, 5.41) is 7.57. The van der Waals surface area contributed by atoms with E-state index < -0.39 is 17.7 Å². The third-order valence-electron chi connectivity index (χ3n) is 7.68. The van der Waals surface area contributed by atoms with Crippen LogP contribution in [0.5, 0.6) is 5.75 Å². The molecular weight excluding hydrogens is 544 g/mol. The molecule has 0 unspecified atom stereocenters. The number of methoxy groups -OCH3 is 1. The summed E-state index contributed by atoms with van der Waals surface area (Å²) < 4.78 is 34.9. The lowest BCUT2D eigenvalue weighted by Gasteiger charge is -2.37. The molecule has 2 aliphatic heterocycles. The molecule has 222 valence electrons. The molecule has 2 fully saturated rings. The Balaban J connectivity index is 1.44. The largest absolute Gasteiger partial charge is 0.494 e. The van der Waals surface area contributed by atoms with Crippen molar-refractivity contribution in [3.8, 4) is 5.75 Å². The number of ether oxygens (including phenoxy) is 1. The molecular formula is C30H35F2N7O3.